The Morgan fingerprint density at radius 3 is 1.73 bits per heavy atom. The van der Waals surface area contributed by atoms with Crippen LogP contribution in [-0.4, -0.2) is 0 Å². The largest absolute Gasteiger partial charge is 0.309 e. The summed E-state index contributed by atoms with van der Waals surface area (Å²) in [6, 6.07) is 69.8. The van der Waals surface area contributed by atoms with Gasteiger partial charge in [-0.2, -0.15) is 0 Å². The van der Waals surface area contributed by atoms with Crippen molar-refractivity contribution >= 4 is 70.1 Å². The zero-order valence-electron chi connectivity index (χ0n) is 30.8. The lowest BCUT2D eigenvalue weighted by Crippen LogP contribution is -2.17. The van der Waals surface area contributed by atoms with E-state index in [1.165, 1.54) is 91.9 Å². The second kappa shape index (κ2) is 12.3. The Kier molecular flexibility index (Phi) is 7.14. The van der Waals surface area contributed by atoms with Gasteiger partial charge in [0.1, 0.15) is 0 Å². The molecule has 1 aromatic heterocycles. The topological polar surface area (TPSA) is 3.24 Å². The first-order valence-corrected chi connectivity index (χ1v) is 19.9. The van der Waals surface area contributed by atoms with Gasteiger partial charge in [0.05, 0.1) is 5.69 Å². The number of hydrogen-bond acceptors (Lipinski definition) is 2. The minimum atomic E-state index is -0.167. The highest BCUT2D eigenvalue weighted by Crippen LogP contribution is 2.56. The Balaban J connectivity index is 1.32. The molecule has 9 aromatic carbocycles. The summed E-state index contributed by atoms with van der Waals surface area (Å²) in [7, 11) is 0. The van der Waals surface area contributed by atoms with Crippen LogP contribution < -0.4 is 4.90 Å². The third-order valence-electron chi connectivity index (χ3n) is 11.8. The lowest BCUT2D eigenvalue weighted by molar-refractivity contribution is 0.662. The highest BCUT2D eigenvalue weighted by atomic mass is 32.1. The van der Waals surface area contributed by atoms with Gasteiger partial charge in [-0.1, -0.05) is 166 Å². The summed E-state index contributed by atoms with van der Waals surface area (Å²) in [5.41, 5.74) is 13.6. The second-order valence-electron chi connectivity index (χ2n) is 15.2. The van der Waals surface area contributed by atoms with Crippen LogP contribution in [0.2, 0.25) is 0 Å². The Morgan fingerprint density at radius 1 is 0.400 bits per heavy atom. The number of anilines is 3. The molecule has 0 fully saturated rings. The third kappa shape index (κ3) is 4.85. The highest BCUT2D eigenvalue weighted by molar-refractivity contribution is 7.25. The smallest absolute Gasteiger partial charge is 0.0624 e. The fourth-order valence-electron chi connectivity index (χ4n) is 9.40. The summed E-state index contributed by atoms with van der Waals surface area (Å²) in [5.74, 6) is 0. The molecule has 2 heteroatoms. The predicted octanol–water partition coefficient (Wildman–Crippen LogP) is 15.5. The van der Waals surface area contributed by atoms with Gasteiger partial charge >= 0.3 is 0 Å². The first-order chi connectivity index (χ1) is 27.1. The number of fused-ring (bicyclic) bond motifs is 9. The van der Waals surface area contributed by atoms with Crippen LogP contribution in [-0.2, 0) is 5.41 Å². The van der Waals surface area contributed by atoms with E-state index in [9.17, 15) is 0 Å². The molecule has 1 heterocycles. The number of hydrogen-bond donors (Lipinski definition) is 0. The Labute approximate surface area is 325 Å². The number of nitrogens with zero attached hydrogens (tertiary/aromatic N) is 1. The van der Waals surface area contributed by atoms with Crippen LogP contribution in [0.3, 0.4) is 0 Å². The SMILES string of the molecule is CC1(C)c2ccccc2-c2cc(N(c3ccc4sc5ccccc5c4c3)c3c(-c4ccccc4)c4ccccc4c4ccccc34)cc(-c3ccccc3)c21. The van der Waals surface area contributed by atoms with Crippen molar-refractivity contribution in [2.24, 2.45) is 0 Å². The van der Waals surface area contributed by atoms with Crippen LogP contribution in [0.1, 0.15) is 25.0 Å². The molecule has 0 saturated heterocycles. The van der Waals surface area contributed by atoms with Crippen LogP contribution >= 0.6 is 11.3 Å². The Morgan fingerprint density at radius 2 is 0.964 bits per heavy atom. The van der Waals surface area contributed by atoms with Gasteiger partial charge in [0.2, 0.25) is 0 Å². The van der Waals surface area contributed by atoms with Crippen LogP contribution in [0.25, 0.3) is 75.1 Å². The maximum absolute atomic E-state index is 2.57. The van der Waals surface area contributed by atoms with Gasteiger partial charge in [0.15, 0.2) is 0 Å². The first-order valence-electron chi connectivity index (χ1n) is 19.1. The molecule has 0 amide bonds. The van der Waals surface area contributed by atoms with Gasteiger partial charge < -0.3 is 4.90 Å². The van der Waals surface area contributed by atoms with E-state index in [1.807, 2.05) is 11.3 Å². The predicted molar refractivity (Wildman–Crippen MR) is 237 cm³/mol. The van der Waals surface area contributed by atoms with E-state index < -0.39 is 0 Å². The summed E-state index contributed by atoms with van der Waals surface area (Å²) in [5, 5.41) is 7.55. The molecular formula is C53H37NS. The lowest BCUT2D eigenvalue weighted by Gasteiger charge is -2.32. The molecule has 1 nitrogen and oxygen atoms in total. The molecular weight excluding hydrogens is 683 g/mol. The van der Waals surface area contributed by atoms with Crippen LogP contribution in [0.4, 0.5) is 17.1 Å². The molecule has 10 aromatic rings. The minimum Gasteiger partial charge on any atom is -0.309 e. The molecule has 0 spiro atoms. The monoisotopic (exact) mass is 719 g/mol. The van der Waals surface area contributed by atoms with Crippen molar-refractivity contribution in [1.29, 1.82) is 0 Å². The summed E-state index contributed by atoms with van der Waals surface area (Å²) < 4.78 is 2.61. The van der Waals surface area contributed by atoms with E-state index in [0.29, 0.717) is 0 Å². The molecule has 0 saturated carbocycles. The second-order valence-corrected chi connectivity index (χ2v) is 16.3. The highest BCUT2D eigenvalue weighted by Gasteiger charge is 2.38. The first kappa shape index (κ1) is 32.0. The number of thiophene rings is 1. The van der Waals surface area contributed by atoms with Crippen molar-refractivity contribution in [2.75, 3.05) is 4.90 Å². The van der Waals surface area contributed by atoms with Gasteiger partial charge in [0.25, 0.3) is 0 Å². The standard InChI is InChI=1S/C53H37NS/c1-53(2)47-27-15-13-23-40(47)46-33-37(32-44(51(46)53)34-17-5-3-6-18-34)54(36-29-30-49-45(31-36)41-24-14-16-28-48(41)55-49)52-43-26-12-10-22-39(43)38-21-9-11-25-42(38)50(52)35-19-7-4-8-20-35/h3-33H,1-2H3. The molecule has 0 bridgehead atoms. The Hall–Kier alpha value is -6.48. The van der Waals surface area contributed by atoms with Gasteiger partial charge in [-0.25, -0.2) is 0 Å². The van der Waals surface area contributed by atoms with E-state index in [4.69, 9.17) is 0 Å². The van der Waals surface area contributed by atoms with Crippen molar-refractivity contribution in [3.8, 4) is 33.4 Å². The third-order valence-corrected chi connectivity index (χ3v) is 12.9. The van der Waals surface area contributed by atoms with Crippen LogP contribution in [0.15, 0.2) is 188 Å². The molecule has 0 unspecified atom stereocenters. The molecule has 0 aliphatic heterocycles. The molecule has 1 aliphatic carbocycles. The van der Waals surface area contributed by atoms with Crippen LogP contribution in [0.5, 0.6) is 0 Å². The lowest BCUT2D eigenvalue weighted by atomic mass is 9.78. The fraction of sp³-hybridized carbons (Fsp3) is 0.0566. The zero-order valence-corrected chi connectivity index (χ0v) is 31.6. The van der Waals surface area contributed by atoms with Crippen molar-refractivity contribution in [3.63, 3.8) is 0 Å². The van der Waals surface area contributed by atoms with Crippen molar-refractivity contribution < 1.29 is 0 Å². The summed E-state index contributed by atoms with van der Waals surface area (Å²) in [6.45, 7) is 4.78. The van der Waals surface area contributed by atoms with E-state index in [1.54, 1.807) is 0 Å². The molecule has 0 radical (unpaired) electrons. The average Bonchev–Trinajstić information content (AvgIpc) is 3.73. The average molecular weight is 720 g/mol. The molecule has 11 rings (SSSR count). The normalized spacial score (nSPS) is 13.1. The van der Waals surface area contributed by atoms with E-state index in [0.717, 1.165) is 11.4 Å². The van der Waals surface area contributed by atoms with Crippen molar-refractivity contribution in [3.05, 3.63) is 199 Å². The maximum atomic E-state index is 2.57. The van der Waals surface area contributed by atoms with Gasteiger partial charge in [-0.15, -0.1) is 11.3 Å². The number of rotatable bonds is 5. The molecule has 1 aliphatic rings. The number of benzene rings is 9. The van der Waals surface area contributed by atoms with Crippen LogP contribution in [0, 0.1) is 0 Å². The summed E-state index contributed by atoms with van der Waals surface area (Å²) in [6.07, 6.45) is 0. The fourth-order valence-corrected chi connectivity index (χ4v) is 10.5. The quantitative estimate of drug-likeness (QED) is 0.160. The summed E-state index contributed by atoms with van der Waals surface area (Å²) in [4.78, 5) is 2.57. The van der Waals surface area contributed by atoms with Crippen molar-refractivity contribution in [1.82, 2.24) is 0 Å². The summed E-state index contributed by atoms with van der Waals surface area (Å²) >= 11 is 1.87. The van der Waals surface area contributed by atoms with E-state index in [2.05, 4.69) is 207 Å². The Bertz CT molecular complexity index is 3120. The van der Waals surface area contributed by atoms with Gasteiger partial charge in [0, 0.05) is 47.9 Å². The van der Waals surface area contributed by atoms with Gasteiger partial charge in [-0.3, -0.25) is 0 Å². The molecule has 55 heavy (non-hydrogen) atoms. The molecule has 0 N–H and O–H groups in total. The minimum absolute atomic E-state index is 0.167. The maximum Gasteiger partial charge on any atom is 0.0624 e. The zero-order chi connectivity index (χ0) is 36.7. The van der Waals surface area contributed by atoms with E-state index in [-0.39, 0.29) is 5.41 Å². The van der Waals surface area contributed by atoms with Crippen molar-refractivity contribution in [2.45, 2.75) is 19.3 Å². The van der Waals surface area contributed by atoms with Gasteiger partial charge in [-0.05, 0) is 91.5 Å². The molecule has 0 atom stereocenters. The molecule has 260 valence electrons. The van der Waals surface area contributed by atoms with E-state index >= 15 is 0 Å².